The van der Waals surface area contributed by atoms with E-state index in [9.17, 15) is 4.79 Å². The number of hydrogen-bond acceptors (Lipinski definition) is 5. The van der Waals surface area contributed by atoms with E-state index in [-0.39, 0.29) is 0 Å². The first-order valence-corrected chi connectivity index (χ1v) is 7.94. The van der Waals surface area contributed by atoms with Crippen LogP contribution in [0.15, 0.2) is 12.4 Å². The predicted molar refractivity (Wildman–Crippen MR) is 81.7 cm³/mol. The second kappa shape index (κ2) is 5.23. The number of fused-ring (bicyclic) bond motifs is 1. The zero-order chi connectivity index (χ0) is 15.1. The van der Waals surface area contributed by atoms with Crippen molar-refractivity contribution in [3.63, 3.8) is 0 Å². The van der Waals surface area contributed by atoms with Crippen molar-refractivity contribution in [2.45, 2.75) is 38.6 Å². The molecule has 0 N–H and O–H groups in total. The molecular formula is C15H20N6O. The fourth-order valence-corrected chi connectivity index (χ4v) is 3.60. The van der Waals surface area contributed by atoms with Gasteiger partial charge in [-0.25, -0.2) is 4.98 Å². The van der Waals surface area contributed by atoms with E-state index >= 15 is 0 Å². The molecule has 0 aromatic carbocycles. The zero-order valence-electron chi connectivity index (χ0n) is 12.8. The Morgan fingerprint density at radius 2 is 2.05 bits per heavy atom. The maximum atomic E-state index is 11.9. The number of anilines is 1. The van der Waals surface area contributed by atoms with E-state index in [2.05, 4.69) is 30.9 Å². The van der Waals surface area contributed by atoms with Gasteiger partial charge in [-0.1, -0.05) is 0 Å². The summed E-state index contributed by atoms with van der Waals surface area (Å²) in [7, 11) is 0. The maximum Gasteiger partial charge on any atom is 0.254 e. The summed E-state index contributed by atoms with van der Waals surface area (Å²) in [5.41, 5.74) is 0.951. The van der Waals surface area contributed by atoms with Crippen LogP contribution in [-0.4, -0.2) is 56.1 Å². The van der Waals surface area contributed by atoms with Crippen molar-refractivity contribution < 1.29 is 4.79 Å². The second-order valence-electron chi connectivity index (χ2n) is 6.14. The van der Waals surface area contributed by atoms with Crippen LogP contribution in [0.25, 0.3) is 5.78 Å². The summed E-state index contributed by atoms with van der Waals surface area (Å²) in [5, 5.41) is 4.28. The van der Waals surface area contributed by atoms with Crippen molar-refractivity contribution in [3.05, 3.63) is 18.1 Å². The summed E-state index contributed by atoms with van der Waals surface area (Å²) >= 11 is 0. The number of carbonyl (C=O) groups is 1. The van der Waals surface area contributed by atoms with E-state index in [0.29, 0.717) is 17.7 Å². The lowest BCUT2D eigenvalue weighted by atomic mass is 10.0. The molecule has 7 heteroatoms. The number of rotatable bonds is 2. The number of carbonyl (C=O) groups excluding carboxylic acids is 1. The van der Waals surface area contributed by atoms with E-state index < -0.39 is 0 Å². The first-order valence-electron chi connectivity index (χ1n) is 7.94. The molecule has 0 aliphatic carbocycles. The van der Waals surface area contributed by atoms with Crippen LogP contribution in [0.3, 0.4) is 0 Å². The molecule has 0 spiro atoms. The first kappa shape index (κ1) is 13.5. The highest BCUT2D eigenvalue weighted by Gasteiger charge is 2.31. The number of nitrogens with zero attached hydrogens (tertiary/aromatic N) is 6. The molecule has 0 atom stereocenters. The molecule has 2 aliphatic rings. The Morgan fingerprint density at radius 1 is 1.23 bits per heavy atom. The van der Waals surface area contributed by atoms with Crippen molar-refractivity contribution in [3.8, 4) is 0 Å². The Labute approximate surface area is 128 Å². The van der Waals surface area contributed by atoms with E-state index in [1.54, 1.807) is 10.8 Å². The molecule has 2 saturated heterocycles. The number of amides is 1. The van der Waals surface area contributed by atoms with E-state index in [0.717, 1.165) is 56.8 Å². The molecule has 2 aromatic heterocycles. The van der Waals surface area contributed by atoms with Gasteiger partial charge >= 0.3 is 0 Å². The number of hydrogen-bond donors (Lipinski definition) is 0. The summed E-state index contributed by atoms with van der Waals surface area (Å²) in [6.45, 7) is 4.79. The van der Waals surface area contributed by atoms with Crippen LogP contribution in [0, 0.1) is 6.92 Å². The van der Waals surface area contributed by atoms with Crippen molar-refractivity contribution in [2.24, 2.45) is 0 Å². The summed E-state index contributed by atoms with van der Waals surface area (Å²) in [6, 6.07) is 2.46. The molecule has 0 saturated carbocycles. The monoisotopic (exact) mass is 300 g/mol. The van der Waals surface area contributed by atoms with Gasteiger partial charge in [0, 0.05) is 43.9 Å². The molecule has 1 amide bonds. The highest BCUT2D eigenvalue weighted by Crippen LogP contribution is 2.25. The molecule has 4 heterocycles. The number of piperidine rings is 1. The van der Waals surface area contributed by atoms with Crippen molar-refractivity contribution in [1.82, 2.24) is 24.5 Å². The Kier molecular flexibility index (Phi) is 3.20. The van der Waals surface area contributed by atoms with Crippen LogP contribution >= 0.6 is 0 Å². The number of aryl methyl sites for hydroxylation is 1. The summed E-state index contributed by atoms with van der Waals surface area (Å²) in [6.07, 6.45) is 5.32. The van der Waals surface area contributed by atoms with Gasteiger partial charge in [-0.3, -0.25) is 4.79 Å². The van der Waals surface area contributed by atoms with Crippen LogP contribution in [-0.2, 0) is 4.79 Å². The Bertz CT molecular complexity index is 703. The minimum absolute atomic E-state index is 0.330. The molecule has 0 bridgehead atoms. The SMILES string of the molecule is Cc1cc(N2CCC(N3CCCC3=O)CC2)n2ncnc2n1. The standard InChI is InChI=1S/C15H20N6O/c1-11-9-13(21-15(18-11)16-10-17-21)19-7-4-12(5-8-19)20-6-2-3-14(20)22/h9-10,12H,2-8H2,1H3. The largest absolute Gasteiger partial charge is 0.356 e. The molecule has 2 fully saturated rings. The Balaban J connectivity index is 1.53. The smallest absolute Gasteiger partial charge is 0.254 e. The predicted octanol–water partition coefficient (Wildman–Crippen LogP) is 1.02. The second-order valence-corrected chi connectivity index (χ2v) is 6.14. The van der Waals surface area contributed by atoms with Gasteiger partial charge in [-0.2, -0.15) is 14.6 Å². The van der Waals surface area contributed by atoms with Crippen LogP contribution in [0.4, 0.5) is 5.82 Å². The third-order valence-corrected chi connectivity index (χ3v) is 4.70. The van der Waals surface area contributed by atoms with Crippen molar-refractivity contribution in [2.75, 3.05) is 24.5 Å². The lowest BCUT2D eigenvalue weighted by Crippen LogP contribution is -2.45. The average Bonchev–Trinajstić information content (AvgIpc) is 3.15. The maximum absolute atomic E-state index is 11.9. The number of likely N-dealkylation sites (tertiary alicyclic amines) is 1. The third kappa shape index (κ3) is 2.20. The quantitative estimate of drug-likeness (QED) is 0.828. The fraction of sp³-hybridized carbons (Fsp3) is 0.600. The van der Waals surface area contributed by atoms with E-state index in [1.165, 1.54) is 0 Å². The summed E-state index contributed by atoms with van der Waals surface area (Å²) < 4.78 is 1.80. The molecule has 0 unspecified atom stereocenters. The van der Waals surface area contributed by atoms with Gasteiger partial charge in [0.1, 0.15) is 12.1 Å². The van der Waals surface area contributed by atoms with Gasteiger partial charge in [0.15, 0.2) is 0 Å². The molecule has 0 radical (unpaired) electrons. The summed E-state index contributed by atoms with van der Waals surface area (Å²) in [4.78, 5) is 24.9. The molecule has 4 rings (SSSR count). The van der Waals surface area contributed by atoms with Crippen molar-refractivity contribution in [1.29, 1.82) is 0 Å². The highest BCUT2D eigenvalue weighted by molar-refractivity contribution is 5.78. The first-order chi connectivity index (χ1) is 10.7. The van der Waals surface area contributed by atoms with Gasteiger partial charge in [0.05, 0.1) is 0 Å². The van der Waals surface area contributed by atoms with Crippen LogP contribution in [0.1, 0.15) is 31.4 Å². The molecule has 2 aliphatic heterocycles. The Hall–Kier alpha value is -2.18. The number of aromatic nitrogens is 4. The lowest BCUT2D eigenvalue weighted by molar-refractivity contribution is -0.130. The average molecular weight is 300 g/mol. The van der Waals surface area contributed by atoms with Crippen molar-refractivity contribution >= 4 is 17.5 Å². The molecule has 7 nitrogen and oxygen atoms in total. The van der Waals surface area contributed by atoms with Gasteiger partial charge < -0.3 is 9.80 Å². The van der Waals surface area contributed by atoms with Crippen LogP contribution < -0.4 is 4.90 Å². The minimum Gasteiger partial charge on any atom is -0.356 e. The van der Waals surface area contributed by atoms with E-state index in [4.69, 9.17) is 0 Å². The molecule has 22 heavy (non-hydrogen) atoms. The summed E-state index contributed by atoms with van der Waals surface area (Å²) in [5.74, 6) is 2.02. The molecule has 116 valence electrons. The van der Waals surface area contributed by atoms with Gasteiger partial charge in [0.2, 0.25) is 5.91 Å². The Morgan fingerprint density at radius 3 is 2.77 bits per heavy atom. The molecule has 2 aromatic rings. The topological polar surface area (TPSA) is 66.6 Å². The highest BCUT2D eigenvalue weighted by atomic mass is 16.2. The normalized spacial score (nSPS) is 20.3. The van der Waals surface area contributed by atoms with Gasteiger partial charge in [-0.15, -0.1) is 0 Å². The third-order valence-electron chi connectivity index (χ3n) is 4.70. The van der Waals surface area contributed by atoms with Gasteiger partial charge in [-0.05, 0) is 26.2 Å². The van der Waals surface area contributed by atoms with Gasteiger partial charge in [0.25, 0.3) is 5.78 Å². The fourth-order valence-electron chi connectivity index (χ4n) is 3.60. The molecular weight excluding hydrogens is 280 g/mol. The minimum atomic E-state index is 0.330. The van der Waals surface area contributed by atoms with E-state index in [1.807, 2.05) is 6.92 Å². The zero-order valence-corrected chi connectivity index (χ0v) is 12.8. The van der Waals surface area contributed by atoms with Crippen LogP contribution in [0.5, 0.6) is 0 Å². The lowest BCUT2D eigenvalue weighted by Gasteiger charge is -2.37. The van der Waals surface area contributed by atoms with Crippen LogP contribution in [0.2, 0.25) is 0 Å².